The van der Waals surface area contributed by atoms with Crippen molar-refractivity contribution in [3.63, 3.8) is 0 Å². The zero-order chi connectivity index (χ0) is 10.9. The van der Waals surface area contributed by atoms with E-state index in [1.807, 2.05) is 0 Å². The van der Waals surface area contributed by atoms with Crippen LogP contribution in [0, 0.1) is 5.41 Å². The third-order valence-electron chi connectivity index (χ3n) is 1.82. The molecule has 0 aromatic carbocycles. The average Bonchev–Trinajstić information content (AvgIpc) is 2.24. The zero-order valence-electron chi connectivity index (χ0n) is 8.06. The molecule has 14 heavy (non-hydrogen) atoms. The summed E-state index contributed by atoms with van der Waals surface area (Å²) < 4.78 is 9.76. The predicted octanol–water partition coefficient (Wildman–Crippen LogP) is -2.07. The topological polar surface area (TPSA) is 99.4 Å². The summed E-state index contributed by atoms with van der Waals surface area (Å²) in [6.45, 7) is -1.04. The molecule has 0 fully saturated rings. The molecule has 0 heterocycles. The fourth-order valence-electron chi connectivity index (χ4n) is 0.728. The van der Waals surface area contributed by atoms with Crippen molar-refractivity contribution in [3.8, 4) is 0 Å². The van der Waals surface area contributed by atoms with Crippen molar-refractivity contribution < 1.29 is 29.9 Å². The van der Waals surface area contributed by atoms with Crippen molar-refractivity contribution in [1.29, 1.82) is 0 Å². The average molecular weight is 210 g/mol. The molecule has 0 unspecified atom stereocenters. The van der Waals surface area contributed by atoms with Crippen molar-refractivity contribution in [2.75, 3.05) is 46.4 Å². The highest BCUT2D eigenvalue weighted by Crippen LogP contribution is 2.14. The van der Waals surface area contributed by atoms with Gasteiger partial charge in [-0.25, -0.2) is 0 Å². The van der Waals surface area contributed by atoms with Crippen molar-refractivity contribution in [3.05, 3.63) is 0 Å². The first kappa shape index (κ1) is 13.8. The van der Waals surface area contributed by atoms with Crippen molar-refractivity contribution >= 4 is 0 Å². The molecule has 0 spiro atoms. The quantitative estimate of drug-likeness (QED) is 0.258. The highest BCUT2D eigenvalue weighted by molar-refractivity contribution is 4.76. The van der Waals surface area contributed by atoms with Gasteiger partial charge in [-0.05, 0) is 0 Å². The van der Waals surface area contributed by atoms with E-state index < -0.39 is 5.41 Å². The Labute approximate surface area is 82.7 Å². The van der Waals surface area contributed by atoms with Crippen LogP contribution in [-0.4, -0.2) is 66.9 Å². The Morgan fingerprint density at radius 2 is 1.43 bits per heavy atom. The lowest BCUT2D eigenvalue weighted by atomic mass is 9.93. The van der Waals surface area contributed by atoms with Gasteiger partial charge in [0.15, 0.2) is 0 Å². The second-order valence-corrected chi connectivity index (χ2v) is 3.07. The van der Waals surface area contributed by atoms with E-state index >= 15 is 0 Å². The number of hydrogen-bond acceptors (Lipinski definition) is 6. The molecule has 0 aliphatic heterocycles. The van der Waals surface area contributed by atoms with Crippen LogP contribution in [0.4, 0.5) is 0 Å². The summed E-state index contributed by atoms with van der Waals surface area (Å²) in [5.74, 6) is 0. The summed E-state index contributed by atoms with van der Waals surface area (Å²) in [5.41, 5.74) is -1.03. The number of ether oxygens (including phenoxy) is 2. The monoisotopic (exact) mass is 210 g/mol. The van der Waals surface area contributed by atoms with E-state index in [4.69, 9.17) is 29.9 Å². The van der Waals surface area contributed by atoms with Gasteiger partial charge in [-0.15, -0.1) is 0 Å². The van der Waals surface area contributed by atoms with Crippen LogP contribution in [0.2, 0.25) is 0 Å². The zero-order valence-corrected chi connectivity index (χ0v) is 8.06. The van der Waals surface area contributed by atoms with Crippen LogP contribution in [0.5, 0.6) is 0 Å². The van der Waals surface area contributed by atoms with Gasteiger partial charge in [0.25, 0.3) is 0 Å². The molecule has 0 bridgehead atoms. The minimum atomic E-state index is -1.03. The summed E-state index contributed by atoms with van der Waals surface area (Å²) >= 11 is 0. The third-order valence-corrected chi connectivity index (χ3v) is 1.82. The van der Waals surface area contributed by atoms with Gasteiger partial charge in [0, 0.05) is 0 Å². The molecule has 0 saturated carbocycles. The lowest BCUT2D eigenvalue weighted by molar-refractivity contribution is -0.118. The number of hydrogen-bond donors (Lipinski definition) is 4. The van der Waals surface area contributed by atoms with E-state index in [0.29, 0.717) is 0 Å². The van der Waals surface area contributed by atoms with Gasteiger partial charge >= 0.3 is 0 Å². The van der Waals surface area contributed by atoms with Gasteiger partial charge in [-0.3, -0.25) is 0 Å². The Morgan fingerprint density at radius 1 is 0.857 bits per heavy atom. The second kappa shape index (κ2) is 8.10. The standard InChI is InChI=1S/C8H18O6/c9-1-2-13-7-14-6-8(3-10,4-11)5-12/h9-12H,1-7H2. The van der Waals surface area contributed by atoms with Crippen molar-refractivity contribution in [2.45, 2.75) is 0 Å². The highest BCUT2D eigenvalue weighted by Gasteiger charge is 2.28. The maximum atomic E-state index is 8.90. The smallest absolute Gasteiger partial charge is 0.146 e. The first-order chi connectivity index (χ1) is 6.74. The van der Waals surface area contributed by atoms with Crippen LogP contribution in [0.15, 0.2) is 0 Å². The summed E-state index contributed by atoms with van der Waals surface area (Å²) in [6, 6.07) is 0. The molecule has 0 aliphatic carbocycles. The molecule has 0 atom stereocenters. The Morgan fingerprint density at radius 3 is 1.86 bits per heavy atom. The lowest BCUT2D eigenvalue weighted by Gasteiger charge is -2.26. The Hall–Kier alpha value is -0.240. The van der Waals surface area contributed by atoms with Crippen LogP contribution >= 0.6 is 0 Å². The molecule has 86 valence electrons. The fraction of sp³-hybridized carbons (Fsp3) is 1.00. The van der Waals surface area contributed by atoms with E-state index in [9.17, 15) is 0 Å². The molecule has 0 aliphatic rings. The highest BCUT2D eigenvalue weighted by atomic mass is 16.7. The summed E-state index contributed by atoms with van der Waals surface area (Å²) in [6.07, 6.45) is 0. The fourth-order valence-corrected chi connectivity index (χ4v) is 0.728. The number of rotatable bonds is 9. The number of aliphatic hydroxyl groups is 4. The summed E-state index contributed by atoms with van der Waals surface area (Å²) in [5, 5.41) is 35.1. The molecule has 6 heteroatoms. The molecular weight excluding hydrogens is 192 g/mol. The molecule has 4 N–H and O–H groups in total. The van der Waals surface area contributed by atoms with Gasteiger partial charge in [0.2, 0.25) is 0 Å². The van der Waals surface area contributed by atoms with E-state index in [1.54, 1.807) is 0 Å². The van der Waals surface area contributed by atoms with Crippen LogP contribution < -0.4 is 0 Å². The van der Waals surface area contributed by atoms with E-state index in [2.05, 4.69) is 0 Å². The molecule has 6 nitrogen and oxygen atoms in total. The van der Waals surface area contributed by atoms with Gasteiger partial charge in [0.1, 0.15) is 6.79 Å². The van der Waals surface area contributed by atoms with Gasteiger partial charge in [-0.1, -0.05) is 0 Å². The van der Waals surface area contributed by atoms with Crippen LogP contribution in [0.3, 0.4) is 0 Å². The molecule has 0 amide bonds. The van der Waals surface area contributed by atoms with E-state index in [0.717, 1.165) is 0 Å². The maximum Gasteiger partial charge on any atom is 0.146 e. The molecule has 0 aromatic heterocycles. The first-order valence-electron chi connectivity index (χ1n) is 4.33. The van der Waals surface area contributed by atoms with Crippen LogP contribution in [0.1, 0.15) is 0 Å². The minimum absolute atomic E-state index is 0.00191. The van der Waals surface area contributed by atoms with Crippen LogP contribution in [0.25, 0.3) is 0 Å². The SMILES string of the molecule is OCCOCOCC(CO)(CO)CO. The Balaban J connectivity index is 3.61. The second-order valence-electron chi connectivity index (χ2n) is 3.07. The van der Waals surface area contributed by atoms with Crippen molar-refractivity contribution in [1.82, 2.24) is 0 Å². The molecular formula is C8H18O6. The number of aliphatic hydroxyl groups excluding tert-OH is 4. The van der Waals surface area contributed by atoms with E-state index in [1.165, 1.54) is 0 Å². The molecule has 0 rings (SSSR count). The first-order valence-corrected chi connectivity index (χ1v) is 4.33. The third kappa shape index (κ3) is 4.85. The Kier molecular flexibility index (Phi) is 7.96. The molecule has 0 aromatic rings. The molecule has 0 radical (unpaired) electrons. The van der Waals surface area contributed by atoms with Gasteiger partial charge in [0.05, 0.1) is 45.1 Å². The van der Waals surface area contributed by atoms with Crippen molar-refractivity contribution in [2.24, 2.45) is 5.41 Å². The molecule has 0 saturated heterocycles. The van der Waals surface area contributed by atoms with Gasteiger partial charge in [-0.2, -0.15) is 0 Å². The Bertz CT molecular complexity index is 117. The van der Waals surface area contributed by atoms with E-state index in [-0.39, 0.29) is 46.4 Å². The van der Waals surface area contributed by atoms with Crippen LogP contribution in [-0.2, 0) is 9.47 Å². The lowest BCUT2D eigenvalue weighted by Crippen LogP contribution is -2.39. The largest absolute Gasteiger partial charge is 0.396 e. The normalized spacial score (nSPS) is 12.0. The predicted molar refractivity (Wildman–Crippen MR) is 47.5 cm³/mol. The van der Waals surface area contributed by atoms with Gasteiger partial charge < -0.3 is 29.9 Å². The maximum absolute atomic E-state index is 8.90. The summed E-state index contributed by atoms with van der Waals surface area (Å²) in [7, 11) is 0. The summed E-state index contributed by atoms with van der Waals surface area (Å²) in [4.78, 5) is 0. The minimum Gasteiger partial charge on any atom is -0.396 e.